The number of aryl methyl sites for hydroxylation is 2. The third-order valence-electron chi connectivity index (χ3n) is 4.32. The second kappa shape index (κ2) is 7.99. The van der Waals surface area contributed by atoms with Crippen molar-refractivity contribution in [2.75, 3.05) is 13.2 Å². The zero-order chi connectivity index (χ0) is 17.7. The number of esters is 2. The highest BCUT2D eigenvalue weighted by Gasteiger charge is 2.29. The quantitative estimate of drug-likeness (QED) is 0.578. The van der Waals surface area contributed by atoms with Gasteiger partial charge in [-0.15, -0.1) is 0 Å². The molecule has 0 saturated carbocycles. The molecule has 130 valence electrons. The van der Waals surface area contributed by atoms with Crippen LogP contribution in [0.25, 0.3) is 10.9 Å². The van der Waals surface area contributed by atoms with E-state index >= 15 is 0 Å². The highest BCUT2D eigenvalue weighted by molar-refractivity contribution is 5.95. The van der Waals surface area contributed by atoms with E-state index in [9.17, 15) is 9.59 Å². The van der Waals surface area contributed by atoms with Crippen LogP contribution < -0.4 is 0 Å². The first kappa shape index (κ1) is 18.0. The zero-order valence-electron chi connectivity index (χ0n) is 14.8. The maximum Gasteiger partial charge on any atom is 0.320 e. The van der Waals surface area contributed by atoms with E-state index in [1.807, 2.05) is 19.2 Å². The van der Waals surface area contributed by atoms with Crippen molar-refractivity contribution in [1.29, 1.82) is 0 Å². The molecule has 5 heteroatoms. The predicted octanol–water partition coefficient (Wildman–Crippen LogP) is 3.16. The second-order valence-electron chi connectivity index (χ2n) is 5.74. The summed E-state index contributed by atoms with van der Waals surface area (Å²) >= 11 is 0. The molecule has 0 spiro atoms. The standard InChI is InChI=1S/C19H25NO4/c1-5-23-18(21)15(19(22)24-6-2)11-12-16-13(3)14-9-7-8-10-17(14)20(16)4/h7-10,15H,5-6,11-12H2,1-4H3. The molecule has 0 saturated heterocycles. The third-order valence-corrected chi connectivity index (χ3v) is 4.32. The lowest BCUT2D eigenvalue weighted by Gasteiger charge is -2.15. The van der Waals surface area contributed by atoms with Gasteiger partial charge in [0.2, 0.25) is 0 Å². The molecule has 0 amide bonds. The summed E-state index contributed by atoms with van der Waals surface area (Å²) in [5, 5.41) is 1.19. The van der Waals surface area contributed by atoms with Gasteiger partial charge in [0.25, 0.3) is 0 Å². The monoisotopic (exact) mass is 331 g/mol. The van der Waals surface area contributed by atoms with E-state index in [1.165, 1.54) is 10.9 Å². The fourth-order valence-corrected chi connectivity index (χ4v) is 3.09. The van der Waals surface area contributed by atoms with E-state index < -0.39 is 17.9 Å². The van der Waals surface area contributed by atoms with Gasteiger partial charge in [-0.05, 0) is 45.2 Å². The average Bonchev–Trinajstić information content (AvgIpc) is 2.81. The summed E-state index contributed by atoms with van der Waals surface area (Å²) in [5.41, 5.74) is 3.45. The Morgan fingerprint density at radius 3 is 2.21 bits per heavy atom. The summed E-state index contributed by atoms with van der Waals surface area (Å²) in [6, 6.07) is 8.17. The molecule has 0 N–H and O–H groups in total. The van der Waals surface area contributed by atoms with Crippen LogP contribution in [-0.4, -0.2) is 29.7 Å². The number of hydrogen-bond acceptors (Lipinski definition) is 4. The summed E-state index contributed by atoms with van der Waals surface area (Å²) in [5.74, 6) is -1.89. The largest absolute Gasteiger partial charge is 0.465 e. The number of rotatable bonds is 7. The SMILES string of the molecule is CCOC(=O)C(CCc1c(C)c2ccccc2n1C)C(=O)OCC. The van der Waals surface area contributed by atoms with Crippen LogP contribution in [0.3, 0.4) is 0 Å². The Kier molecular flexibility index (Phi) is 6.01. The minimum absolute atomic E-state index is 0.252. The Labute approximate surface area is 142 Å². The van der Waals surface area contributed by atoms with Crippen LogP contribution >= 0.6 is 0 Å². The molecule has 0 aliphatic rings. The van der Waals surface area contributed by atoms with Crippen molar-refractivity contribution in [2.45, 2.75) is 33.6 Å². The Morgan fingerprint density at radius 2 is 1.67 bits per heavy atom. The highest BCUT2D eigenvalue weighted by atomic mass is 16.6. The van der Waals surface area contributed by atoms with Gasteiger partial charge in [0, 0.05) is 23.6 Å². The lowest BCUT2D eigenvalue weighted by atomic mass is 10.0. The molecular weight excluding hydrogens is 306 g/mol. The Bertz CT molecular complexity index is 675. The van der Waals surface area contributed by atoms with E-state index in [4.69, 9.17) is 9.47 Å². The summed E-state index contributed by atoms with van der Waals surface area (Å²) in [7, 11) is 2.01. The van der Waals surface area contributed by atoms with Crippen molar-refractivity contribution >= 4 is 22.8 Å². The Hall–Kier alpha value is -2.30. The van der Waals surface area contributed by atoms with E-state index in [2.05, 4.69) is 23.6 Å². The molecule has 1 aromatic carbocycles. The fraction of sp³-hybridized carbons (Fsp3) is 0.474. The van der Waals surface area contributed by atoms with Gasteiger partial charge < -0.3 is 14.0 Å². The third kappa shape index (κ3) is 3.61. The first-order valence-electron chi connectivity index (χ1n) is 8.37. The maximum absolute atomic E-state index is 12.1. The van der Waals surface area contributed by atoms with Crippen molar-refractivity contribution < 1.29 is 19.1 Å². The number of para-hydroxylation sites is 1. The summed E-state index contributed by atoms with van der Waals surface area (Å²) in [4.78, 5) is 24.2. The van der Waals surface area contributed by atoms with Gasteiger partial charge in [0.05, 0.1) is 13.2 Å². The molecule has 0 radical (unpaired) electrons. The molecule has 5 nitrogen and oxygen atoms in total. The fourth-order valence-electron chi connectivity index (χ4n) is 3.09. The number of benzene rings is 1. The molecular formula is C19H25NO4. The minimum Gasteiger partial charge on any atom is -0.465 e. The number of carbonyl (C=O) groups is 2. The molecule has 0 aliphatic heterocycles. The van der Waals surface area contributed by atoms with Crippen molar-refractivity contribution in [3.05, 3.63) is 35.5 Å². The Morgan fingerprint density at radius 1 is 1.08 bits per heavy atom. The zero-order valence-corrected chi connectivity index (χ0v) is 14.8. The summed E-state index contributed by atoms with van der Waals surface area (Å²) in [6.07, 6.45) is 0.988. The topological polar surface area (TPSA) is 57.5 Å². The number of fused-ring (bicyclic) bond motifs is 1. The molecule has 0 atom stereocenters. The van der Waals surface area contributed by atoms with Gasteiger partial charge in [0.15, 0.2) is 5.92 Å². The van der Waals surface area contributed by atoms with Crippen molar-refractivity contribution in [3.63, 3.8) is 0 Å². The van der Waals surface area contributed by atoms with E-state index in [1.54, 1.807) is 13.8 Å². The van der Waals surface area contributed by atoms with Gasteiger partial charge in [0.1, 0.15) is 0 Å². The summed E-state index contributed by atoms with van der Waals surface area (Å²) in [6.45, 7) is 6.04. The Balaban J connectivity index is 2.22. The van der Waals surface area contributed by atoms with Gasteiger partial charge in [-0.3, -0.25) is 9.59 Å². The molecule has 2 rings (SSSR count). The van der Waals surface area contributed by atoms with E-state index in [-0.39, 0.29) is 13.2 Å². The van der Waals surface area contributed by atoms with Gasteiger partial charge >= 0.3 is 11.9 Å². The second-order valence-corrected chi connectivity index (χ2v) is 5.74. The number of aromatic nitrogens is 1. The smallest absolute Gasteiger partial charge is 0.320 e. The molecule has 2 aromatic rings. The lowest BCUT2D eigenvalue weighted by molar-refractivity contribution is -0.161. The minimum atomic E-state index is -0.873. The van der Waals surface area contributed by atoms with Crippen LogP contribution in [0.5, 0.6) is 0 Å². The number of carbonyl (C=O) groups excluding carboxylic acids is 2. The number of ether oxygens (including phenoxy) is 2. The molecule has 0 unspecified atom stereocenters. The van der Waals surface area contributed by atoms with Crippen LogP contribution in [0.4, 0.5) is 0 Å². The van der Waals surface area contributed by atoms with Crippen molar-refractivity contribution in [1.82, 2.24) is 4.57 Å². The first-order valence-corrected chi connectivity index (χ1v) is 8.37. The normalized spacial score (nSPS) is 11.0. The van der Waals surface area contributed by atoms with Crippen LogP contribution in [0.15, 0.2) is 24.3 Å². The number of nitrogens with zero attached hydrogens (tertiary/aromatic N) is 1. The maximum atomic E-state index is 12.1. The van der Waals surface area contributed by atoms with Crippen molar-refractivity contribution in [2.24, 2.45) is 13.0 Å². The van der Waals surface area contributed by atoms with Crippen LogP contribution in [-0.2, 0) is 32.5 Å². The number of hydrogen-bond donors (Lipinski definition) is 0. The molecule has 1 heterocycles. The highest BCUT2D eigenvalue weighted by Crippen LogP contribution is 2.26. The lowest BCUT2D eigenvalue weighted by Crippen LogP contribution is -2.29. The molecule has 0 bridgehead atoms. The van der Waals surface area contributed by atoms with Gasteiger partial charge in [-0.1, -0.05) is 18.2 Å². The molecule has 0 fully saturated rings. The molecule has 24 heavy (non-hydrogen) atoms. The average molecular weight is 331 g/mol. The summed E-state index contributed by atoms with van der Waals surface area (Å²) < 4.78 is 12.2. The predicted molar refractivity (Wildman–Crippen MR) is 92.7 cm³/mol. The molecule has 1 aromatic heterocycles. The van der Waals surface area contributed by atoms with E-state index in [0.717, 1.165) is 11.2 Å². The molecule has 0 aliphatic carbocycles. The van der Waals surface area contributed by atoms with Crippen LogP contribution in [0.2, 0.25) is 0 Å². The van der Waals surface area contributed by atoms with Crippen LogP contribution in [0, 0.1) is 12.8 Å². The van der Waals surface area contributed by atoms with E-state index in [0.29, 0.717) is 12.8 Å². The van der Waals surface area contributed by atoms with Crippen molar-refractivity contribution in [3.8, 4) is 0 Å². The van der Waals surface area contributed by atoms with Crippen LogP contribution in [0.1, 0.15) is 31.5 Å². The first-order chi connectivity index (χ1) is 11.5. The van der Waals surface area contributed by atoms with Gasteiger partial charge in [-0.2, -0.15) is 0 Å². The van der Waals surface area contributed by atoms with Gasteiger partial charge in [-0.25, -0.2) is 0 Å².